The van der Waals surface area contributed by atoms with E-state index in [0.29, 0.717) is 18.6 Å². The van der Waals surface area contributed by atoms with Crippen LogP contribution in [-0.2, 0) is 12.1 Å². The Labute approximate surface area is 154 Å². The highest BCUT2D eigenvalue weighted by molar-refractivity contribution is 6.05. The Hall–Kier alpha value is -2.55. The van der Waals surface area contributed by atoms with Crippen molar-refractivity contribution in [2.24, 2.45) is 0 Å². The van der Waals surface area contributed by atoms with Crippen LogP contribution in [0.4, 0.5) is 26.3 Å². The second kappa shape index (κ2) is 6.51. The summed E-state index contributed by atoms with van der Waals surface area (Å²) in [4.78, 5) is 12.7. The highest BCUT2D eigenvalue weighted by atomic mass is 19.4. The SMILES string of the molecule is CCCn1c(=O)c2ccccc2c2cc(C(O)(C(F)(F)F)C(F)(F)F)ccc21. The number of aliphatic hydroxyl groups is 1. The third-order valence-electron chi connectivity index (χ3n) is 4.67. The Morgan fingerprint density at radius 2 is 1.46 bits per heavy atom. The number of hydrogen-bond donors (Lipinski definition) is 1. The maximum atomic E-state index is 13.2. The standard InChI is InChI=1S/C19H15F6NO2/c1-2-9-26-15-8-7-11(17(28,18(20,21)22)19(23,24)25)10-14(15)12-5-3-4-6-13(12)16(26)27/h3-8,10,28H,2,9H2,1H3. The van der Waals surface area contributed by atoms with Crippen molar-refractivity contribution in [3.8, 4) is 0 Å². The Bertz CT molecular complexity index is 1080. The zero-order valence-corrected chi connectivity index (χ0v) is 14.5. The summed E-state index contributed by atoms with van der Waals surface area (Å²) < 4.78 is 80.7. The van der Waals surface area contributed by atoms with E-state index in [1.54, 1.807) is 13.0 Å². The molecule has 150 valence electrons. The molecule has 3 aromatic rings. The number of aromatic nitrogens is 1. The van der Waals surface area contributed by atoms with Crippen molar-refractivity contribution >= 4 is 21.7 Å². The molecule has 9 heteroatoms. The molecule has 0 aliphatic heterocycles. The monoisotopic (exact) mass is 403 g/mol. The van der Waals surface area contributed by atoms with Crippen molar-refractivity contribution < 1.29 is 31.4 Å². The molecule has 0 unspecified atom stereocenters. The molecule has 2 aromatic carbocycles. The van der Waals surface area contributed by atoms with Crippen LogP contribution in [0, 0.1) is 0 Å². The number of aryl methyl sites for hydroxylation is 1. The quantitative estimate of drug-likeness (QED) is 0.501. The molecule has 0 amide bonds. The van der Waals surface area contributed by atoms with Gasteiger partial charge in [-0.2, -0.15) is 26.3 Å². The van der Waals surface area contributed by atoms with Crippen molar-refractivity contribution in [1.82, 2.24) is 4.57 Å². The number of rotatable bonds is 3. The zero-order valence-electron chi connectivity index (χ0n) is 14.5. The van der Waals surface area contributed by atoms with E-state index in [9.17, 15) is 36.2 Å². The molecule has 0 radical (unpaired) electrons. The van der Waals surface area contributed by atoms with E-state index >= 15 is 0 Å². The first-order valence-electron chi connectivity index (χ1n) is 8.35. The second-order valence-corrected chi connectivity index (χ2v) is 6.44. The Balaban J connectivity index is 2.46. The third kappa shape index (κ3) is 2.85. The third-order valence-corrected chi connectivity index (χ3v) is 4.67. The van der Waals surface area contributed by atoms with Crippen LogP contribution < -0.4 is 5.56 Å². The number of fused-ring (bicyclic) bond motifs is 3. The smallest absolute Gasteiger partial charge is 0.369 e. The van der Waals surface area contributed by atoms with Gasteiger partial charge in [0.1, 0.15) is 0 Å². The minimum atomic E-state index is -5.98. The fourth-order valence-electron chi connectivity index (χ4n) is 3.31. The van der Waals surface area contributed by atoms with Crippen LogP contribution in [0.15, 0.2) is 47.3 Å². The maximum Gasteiger partial charge on any atom is 0.430 e. The van der Waals surface area contributed by atoms with Gasteiger partial charge in [-0.1, -0.05) is 31.2 Å². The number of alkyl halides is 6. The number of halogens is 6. The largest absolute Gasteiger partial charge is 0.430 e. The van der Waals surface area contributed by atoms with Gasteiger partial charge < -0.3 is 9.67 Å². The van der Waals surface area contributed by atoms with Gasteiger partial charge in [0, 0.05) is 22.9 Å². The van der Waals surface area contributed by atoms with Gasteiger partial charge in [-0.3, -0.25) is 4.79 Å². The highest BCUT2D eigenvalue weighted by Crippen LogP contribution is 2.50. The molecule has 3 rings (SSSR count). The molecule has 0 aliphatic carbocycles. The molecule has 1 N–H and O–H groups in total. The molecule has 28 heavy (non-hydrogen) atoms. The number of hydrogen-bond acceptors (Lipinski definition) is 2. The lowest BCUT2D eigenvalue weighted by molar-refractivity contribution is -0.376. The second-order valence-electron chi connectivity index (χ2n) is 6.44. The zero-order chi connectivity index (χ0) is 20.9. The molecule has 3 nitrogen and oxygen atoms in total. The summed E-state index contributed by atoms with van der Waals surface area (Å²) in [6, 6.07) is 8.20. The van der Waals surface area contributed by atoms with Crippen LogP contribution in [0.3, 0.4) is 0 Å². The Morgan fingerprint density at radius 1 is 0.893 bits per heavy atom. The van der Waals surface area contributed by atoms with Crippen molar-refractivity contribution in [1.29, 1.82) is 0 Å². The molecule has 1 heterocycles. The summed E-state index contributed by atoms with van der Waals surface area (Å²) in [6.45, 7) is 2.02. The van der Waals surface area contributed by atoms with Gasteiger partial charge in [0.25, 0.3) is 11.2 Å². The van der Waals surface area contributed by atoms with E-state index in [-0.39, 0.29) is 33.8 Å². The molecule has 0 aliphatic rings. The maximum absolute atomic E-state index is 13.2. The van der Waals surface area contributed by atoms with Crippen molar-refractivity contribution in [2.45, 2.75) is 37.8 Å². The average molecular weight is 403 g/mol. The van der Waals surface area contributed by atoms with E-state index in [1.165, 1.54) is 22.8 Å². The summed E-state index contributed by atoms with van der Waals surface area (Å²) in [5.41, 5.74) is -6.58. The predicted molar refractivity (Wildman–Crippen MR) is 92.0 cm³/mol. The van der Waals surface area contributed by atoms with E-state index < -0.39 is 23.5 Å². The van der Waals surface area contributed by atoms with E-state index in [1.807, 2.05) is 0 Å². The van der Waals surface area contributed by atoms with Crippen LogP contribution >= 0.6 is 0 Å². The number of pyridine rings is 1. The van der Waals surface area contributed by atoms with Gasteiger partial charge in [-0.05, 0) is 30.0 Å². The lowest BCUT2D eigenvalue weighted by Gasteiger charge is -2.33. The Kier molecular flexibility index (Phi) is 4.69. The fourth-order valence-corrected chi connectivity index (χ4v) is 3.31. The molecular formula is C19H15F6NO2. The molecule has 1 aromatic heterocycles. The minimum Gasteiger partial charge on any atom is -0.369 e. The van der Waals surface area contributed by atoms with Gasteiger partial charge >= 0.3 is 12.4 Å². The summed E-state index contributed by atoms with van der Waals surface area (Å²) in [5.74, 6) is 0. The normalized spacial score (nSPS) is 13.4. The molecule has 0 atom stereocenters. The molecule has 0 spiro atoms. The number of benzene rings is 2. The van der Waals surface area contributed by atoms with Gasteiger partial charge in [0.2, 0.25) is 0 Å². The number of nitrogens with zero attached hydrogens (tertiary/aromatic N) is 1. The molecule has 0 bridgehead atoms. The summed E-state index contributed by atoms with van der Waals surface area (Å²) >= 11 is 0. The first-order chi connectivity index (χ1) is 12.9. The fraction of sp³-hybridized carbons (Fsp3) is 0.316. The first-order valence-corrected chi connectivity index (χ1v) is 8.35. The van der Waals surface area contributed by atoms with Crippen molar-refractivity contribution in [3.05, 3.63) is 58.4 Å². The van der Waals surface area contributed by atoms with Crippen LogP contribution in [0.5, 0.6) is 0 Å². The van der Waals surface area contributed by atoms with Gasteiger partial charge in [0.15, 0.2) is 0 Å². The van der Waals surface area contributed by atoms with Gasteiger partial charge in [-0.25, -0.2) is 0 Å². The average Bonchev–Trinajstić information content (AvgIpc) is 2.62. The summed E-state index contributed by atoms with van der Waals surface area (Å²) in [6.07, 6.45) is -11.4. The van der Waals surface area contributed by atoms with Crippen LogP contribution in [0.25, 0.3) is 21.7 Å². The van der Waals surface area contributed by atoms with Gasteiger partial charge in [0.05, 0.1) is 5.52 Å². The molecule has 0 fully saturated rings. The molecule has 0 saturated heterocycles. The predicted octanol–water partition coefficient (Wildman–Crippen LogP) is 4.88. The minimum absolute atomic E-state index is 0.0214. The lowest BCUT2D eigenvalue weighted by Crippen LogP contribution is -2.53. The highest BCUT2D eigenvalue weighted by Gasteiger charge is 2.71. The lowest BCUT2D eigenvalue weighted by atomic mass is 9.90. The van der Waals surface area contributed by atoms with E-state index in [4.69, 9.17) is 0 Å². The summed E-state index contributed by atoms with van der Waals surface area (Å²) in [5, 5.41) is 10.1. The van der Waals surface area contributed by atoms with E-state index in [0.717, 1.165) is 6.07 Å². The van der Waals surface area contributed by atoms with Crippen molar-refractivity contribution in [3.63, 3.8) is 0 Å². The molecular weight excluding hydrogens is 388 g/mol. The summed E-state index contributed by atoms with van der Waals surface area (Å²) in [7, 11) is 0. The van der Waals surface area contributed by atoms with Crippen LogP contribution in [-0.4, -0.2) is 22.0 Å². The van der Waals surface area contributed by atoms with E-state index in [2.05, 4.69) is 0 Å². The Morgan fingerprint density at radius 3 is 2.00 bits per heavy atom. The first kappa shape index (κ1) is 20.2. The van der Waals surface area contributed by atoms with Gasteiger partial charge in [-0.15, -0.1) is 0 Å². The van der Waals surface area contributed by atoms with Crippen molar-refractivity contribution in [2.75, 3.05) is 0 Å². The molecule has 0 saturated carbocycles. The van der Waals surface area contributed by atoms with Crippen LogP contribution in [0.1, 0.15) is 18.9 Å². The topological polar surface area (TPSA) is 42.2 Å². The van der Waals surface area contributed by atoms with Crippen LogP contribution in [0.2, 0.25) is 0 Å².